The molecule has 0 amide bonds. The van der Waals surface area contributed by atoms with Gasteiger partial charge in [0.25, 0.3) is 0 Å². The van der Waals surface area contributed by atoms with Gasteiger partial charge in [-0.2, -0.15) is 0 Å². The number of hydrogen-bond acceptors (Lipinski definition) is 4. The molecule has 3 rings (SSSR count). The molecule has 0 atom stereocenters. The van der Waals surface area contributed by atoms with Crippen LogP contribution in [0.15, 0.2) is 61.1 Å². The molecule has 1 heterocycles. The van der Waals surface area contributed by atoms with E-state index in [1.807, 2.05) is 30.3 Å². The van der Waals surface area contributed by atoms with E-state index < -0.39 is 0 Å². The average molecular weight is 340 g/mol. The number of nitrogens with one attached hydrogen (secondary N) is 1. The maximum absolute atomic E-state index is 10.0. The molecule has 2 aromatic carbocycles. The number of benzene rings is 2. The first-order valence-electron chi connectivity index (χ1n) is 7.76. The maximum Gasteiger partial charge on any atom is 0.120 e. The van der Waals surface area contributed by atoms with Crippen LogP contribution in [0.4, 0.5) is 0 Å². The van der Waals surface area contributed by atoms with E-state index in [-0.39, 0.29) is 5.75 Å². The molecule has 0 radical (unpaired) electrons. The molecule has 0 spiro atoms. The summed E-state index contributed by atoms with van der Waals surface area (Å²) in [6.45, 7) is 1.38. The number of aromatic hydroxyl groups is 1. The molecule has 2 N–H and O–H groups in total. The Balaban J connectivity index is 1.61. The van der Waals surface area contributed by atoms with Crippen LogP contribution in [-0.4, -0.2) is 21.6 Å². The Morgan fingerprint density at radius 3 is 2.79 bits per heavy atom. The fraction of sp³-hybridized carbons (Fsp3) is 0.158. The van der Waals surface area contributed by atoms with Crippen LogP contribution in [0.5, 0.6) is 5.75 Å². The number of nitrogens with zero attached hydrogens (tertiary/aromatic N) is 2. The van der Waals surface area contributed by atoms with E-state index >= 15 is 0 Å². The van der Waals surface area contributed by atoms with Crippen LogP contribution >= 0.6 is 11.6 Å². The summed E-state index contributed by atoms with van der Waals surface area (Å²) in [7, 11) is 0. The molecule has 0 aliphatic carbocycles. The summed E-state index contributed by atoms with van der Waals surface area (Å²) in [5.41, 5.74) is 3.75. The van der Waals surface area contributed by atoms with Crippen molar-refractivity contribution in [1.29, 1.82) is 0 Å². The SMILES string of the molecule is Oc1ccc(-c2cnccn2)cc1CNCCc1cccc(Cl)c1. The monoisotopic (exact) mass is 339 g/mol. The molecule has 0 aliphatic heterocycles. The molecule has 122 valence electrons. The summed E-state index contributed by atoms with van der Waals surface area (Å²) in [6.07, 6.45) is 5.89. The highest BCUT2D eigenvalue weighted by atomic mass is 35.5. The van der Waals surface area contributed by atoms with E-state index in [9.17, 15) is 5.11 Å². The zero-order valence-electron chi connectivity index (χ0n) is 13.1. The van der Waals surface area contributed by atoms with Crippen molar-refractivity contribution in [3.05, 3.63) is 77.2 Å². The highest BCUT2D eigenvalue weighted by Gasteiger charge is 2.05. The van der Waals surface area contributed by atoms with Gasteiger partial charge >= 0.3 is 0 Å². The van der Waals surface area contributed by atoms with Gasteiger partial charge in [-0.15, -0.1) is 0 Å². The predicted octanol–water partition coefficient (Wildman–Crippen LogP) is 3.83. The minimum atomic E-state index is 0.276. The van der Waals surface area contributed by atoms with Crippen LogP contribution in [0.1, 0.15) is 11.1 Å². The second kappa shape index (κ2) is 7.90. The zero-order valence-corrected chi connectivity index (χ0v) is 13.9. The Hall–Kier alpha value is -2.43. The van der Waals surface area contributed by atoms with Gasteiger partial charge in [0.1, 0.15) is 5.75 Å². The van der Waals surface area contributed by atoms with Crippen LogP contribution in [0, 0.1) is 0 Å². The van der Waals surface area contributed by atoms with E-state index in [0.717, 1.165) is 34.8 Å². The van der Waals surface area contributed by atoms with Crippen molar-refractivity contribution in [2.75, 3.05) is 6.54 Å². The maximum atomic E-state index is 10.0. The molecule has 1 aromatic heterocycles. The molecule has 5 heteroatoms. The van der Waals surface area contributed by atoms with Gasteiger partial charge in [0, 0.05) is 35.1 Å². The number of hydrogen-bond donors (Lipinski definition) is 2. The van der Waals surface area contributed by atoms with E-state index in [1.54, 1.807) is 24.7 Å². The average Bonchev–Trinajstić information content (AvgIpc) is 2.61. The fourth-order valence-electron chi connectivity index (χ4n) is 2.48. The normalized spacial score (nSPS) is 10.7. The van der Waals surface area contributed by atoms with E-state index in [0.29, 0.717) is 6.54 Å². The van der Waals surface area contributed by atoms with Crippen LogP contribution in [0.3, 0.4) is 0 Å². The first kappa shape index (κ1) is 16.4. The summed E-state index contributed by atoms with van der Waals surface area (Å²) in [5.74, 6) is 0.276. The Morgan fingerprint density at radius 2 is 2.00 bits per heavy atom. The van der Waals surface area contributed by atoms with Crippen molar-refractivity contribution < 1.29 is 5.11 Å². The van der Waals surface area contributed by atoms with Gasteiger partial charge in [-0.25, -0.2) is 0 Å². The predicted molar refractivity (Wildman–Crippen MR) is 96.0 cm³/mol. The zero-order chi connectivity index (χ0) is 16.8. The Bertz CT molecular complexity index is 809. The van der Waals surface area contributed by atoms with Crippen molar-refractivity contribution in [1.82, 2.24) is 15.3 Å². The molecular weight excluding hydrogens is 322 g/mol. The highest BCUT2D eigenvalue weighted by Crippen LogP contribution is 2.24. The third-order valence-corrected chi connectivity index (χ3v) is 3.97. The first-order valence-corrected chi connectivity index (χ1v) is 8.13. The summed E-state index contributed by atoms with van der Waals surface area (Å²) < 4.78 is 0. The molecule has 0 bridgehead atoms. The fourth-order valence-corrected chi connectivity index (χ4v) is 2.70. The van der Waals surface area contributed by atoms with Crippen LogP contribution in [0.25, 0.3) is 11.3 Å². The Kier molecular flexibility index (Phi) is 5.41. The first-order chi connectivity index (χ1) is 11.7. The van der Waals surface area contributed by atoms with Gasteiger partial charge < -0.3 is 10.4 Å². The second-order valence-corrected chi connectivity index (χ2v) is 5.93. The van der Waals surface area contributed by atoms with Crippen LogP contribution in [-0.2, 0) is 13.0 Å². The van der Waals surface area contributed by atoms with Crippen molar-refractivity contribution in [3.8, 4) is 17.0 Å². The molecular formula is C19H18ClN3O. The number of phenols is 1. The van der Waals surface area contributed by atoms with Gasteiger partial charge in [0.05, 0.1) is 11.9 Å². The van der Waals surface area contributed by atoms with Crippen molar-refractivity contribution >= 4 is 11.6 Å². The molecule has 4 nitrogen and oxygen atoms in total. The number of rotatable bonds is 6. The minimum absolute atomic E-state index is 0.276. The Labute approximate surface area is 146 Å². The second-order valence-electron chi connectivity index (χ2n) is 5.49. The summed E-state index contributed by atoms with van der Waals surface area (Å²) in [4.78, 5) is 8.36. The molecule has 0 fully saturated rings. The van der Waals surface area contributed by atoms with Crippen molar-refractivity contribution in [2.45, 2.75) is 13.0 Å². The number of phenolic OH excluding ortho intramolecular Hbond substituents is 1. The van der Waals surface area contributed by atoms with Crippen LogP contribution < -0.4 is 5.32 Å². The lowest BCUT2D eigenvalue weighted by atomic mass is 10.1. The number of aromatic nitrogens is 2. The van der Waals surface area contributed by atoms with Gasteiger partial charge in [-0.3, -0.25) is 9.97 Å². The topological polar surface area (TPSA) is 58.0 Å². The van der Waals surface area contributed by atoms with Crippen LogP contribution in [0.2, 0.25) is 5.02 Å². The highest BCUT2D eigenvalue weighted by molar-refractivity contribution is 6.30. The molecule has 0 saturated carbocycles. The summed E-state index contributed by atoms with van der Waals surface area (Å²) in [6, 6.07) is 13.3. The molecule has 24 heavy (non-hydrogen) atoms. The third kappa shape index (κ3) is 4.31. The molecule has 0 unspecified atom stereocenters. The molecule has 0 saturated heterocycles. The molecule has 3 aromatic rings. The third-order valence-electron chi connectivity index (χ3n) is 3.73. The molecule has 0 aliphatic rings. The largest absolute Gasteiger partial charge is 0.508 e. The van der Waals surface area contributed by atoms with Crippen molar-refractivity contribution in [3.63, 3.8) is 0 Å². The lowest BCUT2D eigenvalue weighted by Crippen LogP contribution is -2.16. The minimum Gasteiger partial charge on any atom is -0.508 e. The van der Waals surface area contributed by atoms with Gasteiger partial charge in [0.2, 0.25) is 0 Å². The summed E-state index contributed by atoms with van der Waals surface area (Å²) in [5, 5.41) is 14.1. The van der Waals surface area contributed by atoms with Crippen molar-refractivity contribution in [2.24, 2.45) is 0 Å². The lowest BCUT2D eigenvalue weighted by Gasteiger charge is -2.09. The number of halogens is 1. The van der Waals surface area contributed by atoms with E-state index in [2.05, 4.69) is 21.4 Å². The lowest BCUT2D eigenvalue weighted by molar-refractivity contribution is 0.464. The summed E-state index contributed by atoms with van der Waals surface area (Å²) >= 11 is 5.99. The standard InChI is InChI=1S/C19H18ClN3O/c20-17-3-1-2-14(10-17)6-7-21-12-16-11-15(4-5-19(16)24)18-13-22-8-9-23-18/h1-5,8-11,13,21,24H,6-7,12H2. The van der Waals surface area contributed by atoms with Gasteiger partial charge in [-0.05, 0) is 48.9 Å². The quantitative estimate of drug-likeness (QED) is 0.670. The van der Waals surface area contributed by atoms with Gasteiger partial charge in [-0.1, -0.05) is 23.7 Å². The van der Waals surface area contributed by atoms with E-state index in [1.165, 1.54) is 5.56 Å². The van der Waals surface area contributed by atoms with Gasteiger partial charge in [0.15, 0.2) is 0 Å². The Morgan fingerprint density at radius 1 is 1.08 bits per heavy atom. The van der Waals surface area contributed by atoms with E-state index in [4.69, 9.17) is 11.6 Å². The smallest absolute Gasteiger partial charge is 0.120 e.